The van der Waals surface area contributed by atoms with Gasteiger partial charge in [-0.15, -0.1) is 0 Å². The minimum absolute atomic E-state index is 0.0269. The number of carbonyl (C=O) groups excluding carboxylic acids is 1. The molecule has 5 rings (SSSR count). The van der Waals surface area contributed by atoms with Crippen LogP contribution in [0.3, 0.4) is 0 Å². The van der Waals surface area contributed by atoms with Gasteiger partial charge in [0, 0.05) is 51.9 Å². The molecule has 3 heterocycles. The molecule has 1 fully saturated rings. The van der Waals surface area contributed by atoms with Crippen LogP contribution in [0, 0.1) is 11.8 Å². The second-order valence-corrected chi connectivity index (χ2v) is 11.3. The molecule has 1 atom stereocenters. The maximum absolute atomic E-state index is 13.7. The lowest BCUT2D eigenvalue weighted by atomic mass is 10.0. The zero-order valence-corrected chi connectivity index (χ0v) is 22.5. The van der Waals surface area contributed by atoms with Crippen LogP contribution in [-0.2, 0) is 24.3 Å². The van der Waals surface area contributed by atoms with Gasteiger partial charge in [-0.1, -0.05) is 37.6 Å². The summed E-state index contributed by atoms with van der Waals surface area (Å²) in [6.45, 7) is 10.6. The number of carbonyl (C=O) groups is 1. The average molecular weight is 512 g/mol. The summed E-state index contributed by atoms with van der Waals surface area (Å²) in [5.74, 6) is 1.95. The van der Waals surface area contributed by atoms with Gasteiger partial charge in [-0.2, -0.15) is 0 Å². The number of nitrogens with zero attached hydrogens (tertiary/aromatic N) is 3. The fraction of sp³-hybridized carbons (Fsp3) is 0.552. The molecule has 6 nitrogen and oxygen atoms in total. The topological polar surface area (TPSA) is 45.3 Å². The van der Waals surface area contributed by atoms with E-state index in [4.69, 9.17) is 21.1 Å². The minimum atomic E-state index is 0.0269. The van der Waals surface area contributed by atoms with Crippen LogP contribution in [0.2, 0.25) is 5.02 Å². The number of amides is 1. The van der Waals surface area contributed by atoms with Crippen LogP contribution in [0.4, 0.5) is 5.69 Å². The number of hydrogen-bond donors (Lipinski definition) is 0. The summed E-state index contributed by atoms with van der Waals surface area (Å²) >= 11 is 6.54. The fourth-order valence-corrected chi connectivity index (χ4v) is 6.05. The summed E-state index contributed by atoms with van der Waals surface area (Å²) < 4.78 is 11.7. The predicted octanol–water partition coefficient (Wildman–Crippen LogP) is 5.00. The fourth-order valence-electron chi connectivity index (χ4n) is 5.76. The Morgan fingerprint density at radius 3 is 2.86 bits per heavy atom. The lowest BCUT2D eigenvalue weighted by Crippen LogP contribution is -2.39. The van der Waals surface area contributed by atoms with E-state index < -0.39 is 0 Å². The van der Waals surface area contributed by atoms with Crippen LogP contribution >= 0.6 is 11.6 Å². The molecule has 0 aliphatic carbocycles. The summed E-state index contributed by atoms with van der Waals surface area (Å²) in [5, 5.41) is 0.550. The van der Waals surface area contributed by atoms with Gasteiger partial charge < -0.3 is 19.3 Å². The summed E-state index contributed by atoms with van der Waals surface area (Å²) in [7, 11) is 2.17. The van der Waals surface area contributed by atoms with E-state index in [9.17, 15) is 4.79 Å². The van der Waals surface area contributed by atoms with E-state index in [0.29, 0.717) is 42.2 Å². The van der Waals surface area contributed by atoms with Crippen LogP contribution in [-0.4, -0.2) is 62.1 Å². The maximum atomic E-state index is 13.7. The van der Waals surface area contributed by atoms with E-state index in [1.165, 1.54) is 16.8 Å². The van der Waals surface area contributed by atoms with Crippen molar-refractivity contribution in [1.82, 2.24) is 9.80 Å². The van der Waals surface area contributed by atoms with Gasteiger partial charge in [-0.05, 0) is 60.2 Å². The van der Waals surface area contributed by atoms with Gasteiger partial charge in [-0.25, -0.2) is 0 Å². The Kier molecular flexibility index (Phi) is 7.63. The molecule has 1 amide bonds. The monoisotopic (exact) mass is 511 g/mol. The molecule has 0 bridgehead atoms. The van der Waals surface area contributed by atoms with E-state index in [1.54, 1.807) is 0 Å². The Morgan fingerprint density at radius 2 is 2.03 bits per heavy atom. The molecule has 3 aliphatic heterocycles. The van der Waals surface area contributed by atoms with Gasteiger partial charge in [0.05, 0.1) is 24.2 Å². The average Bonchev–Trinajstić information content (AvgIpc) is 3.38. The van der Waals surface area contributed by atoms with E-state index in [-0.39, 0.29) is 11.8 Å². The van der Waals surface area contributed by atoms with Crippen LogP contribution in [0.5, 0.6) is 11.5 Å². The number of benzene rings is 2. The molecular formula is C29H38ClN3O3. The summed E-state index contributed by atoms with van der Waals surface area (Å²) in [6.07, 6.45) is 2.85. The highest BCUT2D eigenvalue weighted by atomic mass is 35.5. The van der Waals surface area contributed by atoms with E-state index in [0.717, 1.165) is 57.5 Å². The number of halogens is 1. The first-order chi connectivity index (χ1) is 17.4. The third-order valence-electron chi connectivity index (χ3n) is 7.50. The van der Waals surface area contributed by atoms with Crippen molar-refractivity contribution in [2.75, 3.05) is 51.3 Å². The normalized spacial score (nSPS) is 19.5. The second-order valence-electron chi connectivity index (χ2n) is 10.9. The van der Waals surface area contributed by atoms with Gasteiger partial charge in [0.15, 0.2) is 11.5 Å². The number of anilines is 1. The Bertz CT molecular complexity index is 1110. The largest absolute Gasteiger partial charge is 0.489 e. The number of rotatable bonds is 7. The summed E-state index contributed by atoms with van der Waals surface area (Å²) in [5.41, 5.74) is 5.22. The highest BCUT2D eigenvalue weighted by Crippen LogP contribution is 2.38. The number of likely N-dealkylation sites (tertiary alicyclic amines) is 1. The first kappa shape index (κ1) is 25.2. The van der Waals surface area contributed by atoms with E-state index >= 15 is 0 Å². The molecule has 36 heavy (non-hydrogen) atoms. The Hall–Kier alpha value is -2.44. The first-order valence-electron chi connectivity index (χ1n) is 13.3. The van der Waals surface area contributed by atoms with Gasteiger partial charge in [0.2, 0.25) is 5.91 Å². The molecule has 0 radical (unpaired) electrons. The molecule has 0 spiro atoms. The molecule has 7 heteroatoms. The van der Waals surface area contributed by atoms with E-state index in [2.05, 4.69) is 48.9 Å². The molecule has 0 N–H and O–H groups in total. The first-order valence-corrected chi connectivity index (χ1v) is 13.7. The quantitative estimate of drug-likeness (QED) is 0.523. The Balaban J connectivity index is 1.27. The van der Waals surface area contributed by atoms with Crippen molar-refractivity contribution in [3.8, 4) is 11.5 Å². The van der Waals surface area contributed by atoms with Gasteiger partial charge in [0.1, 0.15) is 0 Å². The van der Waals surface area contributed by atoms with Crippen molar-refractivity contribution in [3.05, 3.63) is 52.0 Å². The standard InChI is InChI=1S/C29H38ClN3O3/c1-20(2)16-33(17-21-14-25(30)28-27(15-21)35-12-5-13-36-28)29(34)23-8-11-32(19-23)18-22-6-4-7-26-24(22)9-10-31(26)3/h4,6-7,14-15,20,23H,5,8-13,16-19H2,1-3H3/t23-/m1/s1. The van der Waals surface area contributed by atoms with Crippen molar-refractivity contribution >= 4 is 23.2 Å². The minimum Gasteiger partial charge on any atom is -0.489 e. The number of likely N-dealkylation sites (N-methyl/N-ethyl adjacent to an activating group) is 1. The lowest BCUT2D eigenvalue weighted by molar-refractivity contribution is -0.136. The van der Waals surface area contributed by atoms with Crippen molar-refractivity contribution in [1.29, 1.82) is 0 Å². The zero-order valence-electron chi connectivity index (χ0n) is 21.8. The summed E-state index contributed by atoms with van der Waals surface area (Å²) in [6, 6.07) is 10.5. The highest BCUT2D eigenvalue weighted by Gasteiger charge is 2.33. The lowest BCUT2D eigenvalue weighted by Gasteiger charge is -2.28. The molecule has 1 saturated heterocycles. The van der Waals surface area contributed by atoms with Crippen molar-refractivity contribution < 1.29 is 14.3 Å². The van der Waals surface area contributed by atoms with Crippen molar-refractivity contribution in [2.45, 2.75) is 46.2 Å². The Morgan fingerprint density at radius 1 is 1.19 bits per heavy atom. The van der Waals surface area contributed by atoms with Crippen LogP contribution in [0.15, 0.2) is 30.3 Å². The third kappa shape index (κ3) is 5.45. The van der Waals surface area contributed by atoms with Gasteiger partial charge in [-0.3, -0.25) is 9.69 Å². The molecule has 0 saturated carbocycles. The van der Waals surface area contributed by atoms with Crippen molar-refractivity contribution in [2.24, 2.45) is 11.8 Å². The smallest absolute Gasteiger partial charge is 0.227 e. The molecule has 0 aromatic heterocycles. The SMILES string of the molecule is CC(C)CN(Cc1cc(Cl)c2c(c1)OCCCO2)C(=O)[C@@H]1CCN(Cc2cccc3c2CCN3C)C1. The summed E-state index contributed by atoms with van der Waals surface area (Å²) in [4.78, 5) is 20.6. The second kappa shape index (κ2) is 10.9. The molecule has 0 unspecified atom stereocenters. The van der Waals surface area contributed by atoms with Crippen LogP contribution in [0.1, 0.15) is 43.4 Å². The molecular weight excluding hydrogens is 474 g/mol. The zero-order chi connectivity index (χ0) is 25.2. The third-order valence-corrected chi connectivity index (χ3v) is 7.79. The Labute approximate surface area is 220 Å². The maximum Gasteiger partial charge on any atom is 0.227 e. The van der Waals surface area contributed by atoms with Crippen LogP contribution < -0.4 is 14.4 Å². The van der Waals surface area contributed by atoms with Gasteiger partial charge in [0.25, 0.3) is 0 Å². The molecule has 194 valence electrons. The number of hydrogen-bond acceptors (Lipinski definition) is 5. The highest BCUT2D eigenvalue weighted by molar-refractivity contribution is 6.32. The van der Waals surface area contributed by atoms with E-state index in [1.807, 2.05) is 17.0 Å². The molecule has 2 aromatic carbocycles. The van der Waals surface area contributed by atoms with Crippen LogP contribution in [0.25, 0.3) is 0 Å². The van der Waals surface area contributed by atoms with Crippen molar-refractivity contribution in [3.63, 3.8) is 0 Å². The molecule has 2 aromatic rings. The van der Waals surface area contributed by atoms with Gasteiger partial charge >= 0.3 is 0 Å². The number of ether oxygens (including phenoxy) is 2. The predicted molar refractivity (Wildman–Crippen MR) is 144 cm³/mol. The molecule has 3 aliphatic rings. The number of fused-ring (bicyclic) bond motifs is 2.